The number of carboxylic acid groups (broad SMARTS) is 1. The fourth-order valence-corrected chi connectivity index (χ4v) is 2.66. The molecule has 0 heterocycles. The average Bonchev–Trinajstić information content (AvgIpc) is 2.40. The first-order valence-corrected chi connectivity index (χ1v) is 7.20. The predicted octanol–water partition coefficient (Wildman–Crippen LogP) is 2.55. The third-order valence-electron chi connectivity index (χ3n) is 3.93. The number of carbonyl (C=O) groups excluding carboxylic acids is 1. The maximum Gasteiger partial charge on any atom is 0.306 e. The monoisotopic (exact) mass is 275 g/mol. The van der Waals surface area contributed by atoms with E-state index in [-0.39, 0.29) is 23.8 Å². The Balaban J connectivity index is 1.93. The van der Waals surface area contributed by atoms with Crippen LogP contribution in [0, 0.1) is 5.92 Å². The van der Waals surface area contributed by atoms with Crippen molar-refractivity contribution in [3.63, 3.8) is 0 Å². The first-order valence-electron chi connectivity index (χ1n) is 7.20. The molecule has 2 rings (SSSR count). The van der Waals surface area contributed by atoms with Crippen LogP contribution in [-0.4, -0.2) is 23.0 Å². The first kappa shape index (κ1) is 14.6. The van der Waals surface area contributed by atoms with E-state index in [1.54, 1.807) is 0 Å². The molecule has 1 atom stereocenters. The Bertz CT molecular complexity index is 466. The van der Waals surface area contributed by atoms with E-state index in [0.29, 0.717) is 12.8 Å². The highest BCUT2D eigenvalue weighted by molar-refractivity contribution is 5.84. The van der Waals surface area contributed by atoms with Crippen molar-refractivity contribution in [1.82, 2.24) is 5.32 Å². The molecule has 1 saturated carbocycles. The fraction of sp³-hybridized carbons (Fsp3) is 0.500. The second-order valence-corrected chi connectivity index (χ2v) is 5.46. The molecule has 1 unspecified atom stereocenters. The molecule has 0 saturated heterocycles. The van der Waals surface area contributed by atoms with E-state index in [9.17, 15) is 9.59 Å². The largest absolute Gasteiger partial charge is 0.481 e. The highest BCUT2D eigenvalue weighted by Crippen LogP contribution is 2.29. The van der Waals surface area contributed by atoms with Gasteiger partial charge >= 0.3 is 5.97 Å². The van der Waals surface area contributed by atoms with Gasteiger partial charge in [0.2, 0.25) is 5.91 Å². The van der Waals surface area contributed by atoms with Crippen LogP contribution >= 0.6 is 0 Å². The number of hydrogen-bond donors (Lipinski definition) is 2. The van der Waals surface area contributed by atoms with Crippen LogP contribution in [0.1, 0.15) is 44.1 Å². The molecule has 20 heavy (non-hydrogen) atoms. The zero-order valence-electron chi connectivity index (χ0n) is 11.7. The van der Waals surface area contributed by atoms with Crippen LogP contribution in [0.4, 0.5) is 0 Å². The minimum Gasteiger partial charge on any atom is -0.481 e. The normalized spacial score (nSPS) is 22.6. The summed E-state index contributed by atoms with van der Waals surface area (Å²) in [7, 11) is 0. The van der Waals surface area contributed by atoms with Gasteiger partial charge in [0.25, 0.3) is 0 Å². The van der Waals surface area contributed by atoms with Crippen molar-refractivity contribution >= 4 is 11.9 Å². The minimum atomic E-state index is -0.760. The fourth-order valence-electron chi connectivity index (χ4n) is 2.66. The first-order chi connectivity index (χ1) is 9.61. The van der Waals surface area contributed by atoms with Gasteiger partial charge in [0, 0.05) is 6.04 Å². The molecule has 1 aliphatic rings. The molecule has 4 heteroatoms. The lowest BCUT2D eigenvalue weighted by Gasteiger charge is -2.34. The molecular weight excluding hydrogens is 254 g/mol. The third kappa shape index (κ3) is 3.38. The van der Waals surface area contributed by atoms with Gasteiger partial charge in [0.15, 0.2) is 0 Å². The summed E-state index contributed by atoms with van der Waals surface area (Å²) in [5.41, 5.74) is 1.03. The molecule has 0 bridgehead atoms. The number of benzene rings is 1. The quantitative estimate of drug-likeness (QED) is 0.838. The average molecular weight is 275 g/mol. The molecule has 0 radical (unpaired) electrons. The van der Waals surface area contributed by atoms with Crippen LogP contribution in [0.25, 0.3) is 0 Å². The summed E-state index contributed by atoms with van der Waals surface area (Å²) < 4.78 is 0. The molecular formula is C16H21NO3. The second kappa shape index (κ2) is 6.55. The summed E-state index contributed by atoms with van der Waals surface area (Å²) in [6.07, 6.45) is 2.85. The third-order valence-corrected chi connectivity index (χ3v) is 3.93. The highest BCUT2D eigenvalue weighted by Gasteiger charge is 2.36. The lowest BCUT2D eigenvalue weighted by Crippen LogP contribution is -2.48. The standard InChI is InChI=1S/C16H21NO3/c1-2-6-14(11-7-4-3-5-8-11)15(18)17-13-9-12(10-13)16(19)20/h3-5,7-8,12-14H,2,6,9-10H2,1H3,(H,17,18)(H,19,20). The Morgan fingerprint density at radius 3 is 2.50 bits per heavy atom. The number of nitrogens with one attached hydrogen (secondary N) is 1. The molecule has 0 aliphatic heterocycles. The van der Waals surface area contributed by atoms with Gasteiger partial charge in [0.1, 0.15) is 0 Å². The van der Waals surface area contributed by atoms with E-state index in [1.165, 1.54) is 0 Å². The van der Waals surface area contributed by atoms with Crippen LogP contribution in [0.15, 0.2) is 30.3 Å². The van der Waals surface area contributed by atoms with Crippen molar-refractivity contribution in [1.29, 1.82) is 0 Å². The van der Waals surface area contributed by atoms with Crippen LogP contribution in [0.5, 0.6) is 0 Å². The lowest BCUT2D eigenvalue weighted by atomic mass is 9.80. The van der Waals surface area contributed by atoms with Gasteiger partial charge in [-0.2, -0.15) is 0 Å². The van der Waals surface area contributed by atoms with Crippen molar-refractivity contribution in [2.75, 3.05) is 0 Å². The molecule has 1 fully saturated rings. The molecule has 0 spiro atoms. The molecule has 1 amide bonds. The van der Waals surface area contributed by atoms with Gasteiger partial charge in [-0.25, -0.2) is 0 Å². The lowest BCUT2D eigenvalue weighted by molar-refractivity contribution is -0.146. The summed E-state index contributed by atoms with van der Waals surface area (Å²) in [6.45, 7) is 2.06. The number of rotatable bonds is 6. The van der Waals surface area contributed by atoms with Crippen molar-refractivity contribution in [2.24, 2.45) is 5.92 Å². The van der Waals surface area contributed by atoms with E-state index in [0.717, 1.165) is 18.4 Å². The van der Waals surface area contributed by atoms with Crippen LogP contribution < -0.4 is 5.32 Å². The summed E-state index contributed by atoms with van der Waals surface area (Å²) in [5, 5.41) is 11.8. The number of aliphatic carboxylic acids is 1. The smallest absolute Gasteiger partial charge is 0.306 e. The predicted molar refractivity (Wildman–Crippen MR) is 76.4 cm³/mol. The molecule has 1 aliphatic carbocycles. The maximum absolute atomic E-state index is 12.4. The van der Waals surface area contributed by atoms with Gasteiger partial charge in [-0.15, -0.1) is 0 Å². The number of carboxylic acids is 1. The molecule has 4 nitrogen and oxygen atoms in total. The van der Waals surface area contributed by atoms with Gasteiger partial charge in [-0.3, -0.25) is 9.59 Å². The molecule has 1 aromatic carbocycles. The second-order valence-electron chi connectivity index (χ2n) is 5.46. The Kier molecular flexibility index (Phi) is 4.77. The maximum atomic E-state index is 12.4. The zero-order valence-corrected chi connectivity index (χ0v) is 11.7. The van der Waals surface area contributed by atoms with Gasteiger partial charge < -0.3 is 10.4 Å². The summed E-state index contributed by atoms with van der Waals surface area (Å²) in [5.74, 6) is -1.16. The number of amides is 1. The SMILES string of the molecule is CCCC(C(=O)NC1CC(C(=O)O)C1)c1ccccc1. The van der Waals surface area contributed by atoms with E-state index < -0.39 is 5.97 Å². The highest BCUT2D eigenvalue weighted by atomic mass is 16.4. The van der Waals surface area contributed by atoms with E-state index in [2.05, 4.69) is 12.2 Å². The van der Waals surface area contributed by atoms with Crippen molar-refractivity contribution in [3.05, 3.63) is 35.9 Å². The molecule has 0 aromatic heterocycles. The zero-order chi connectivity index (χ0) is 14.5. The number of hydrogen-bond acceptors (Lipinski definition) is 2. The van der Waals surface area contributed by atoms with Gasteiger partial charge in [0.05, 0.1) is 11.8 Å². The van der Waals surface area contributed by atoms with Crippen LogP contribution in [0.3, 0.4) is 0 Å². The Hall–Kier alpha value is -1.84. The van der Waals surface area contributed by atoms with Crippen molar-refractivity contribution in [3.8, 4) is 0 Å². The Labute approximate surface area is 119 Å². The Morgan fingerprint density at radius 1 is 1.30 bits per heavy atom. The van der Waals surface area contributed by atoms with Crippen molar-refractivity contribution in [2.45, 2.75) is 44.6 Å². The van der Waals surface area contributed by atoms with Gasteiger partial charge in [-0.1, -0.05) is 43.7 Å². The van der Waals surface area contributed by atoms with E-state index in [4.69, 9.17) is 5.11 Å². The van der Waals surface area contributed by atoms with E-state index in [1.807, 2.05) is 30.3 Å². The van der Waals surface area contributed by atoms with Crippen molar-refractivity contribution < 1.29 is 14.7 Å². The topological polar surface area (TPSA) is 66.4 Å². The molecule has 2 N–H and O–H groups in total. The minimum absolute atomic E-state index is 0.0201. The van der Waals surface area contributed by atoms with E-state index >= 15 is 0 Å². The summed E-state index contributed by atoms with van der Waals surface area (Å²) in [4.78, 5) is 23.1. The summed E-state index contributed by atoms with van der Waals surface area (Å²) in [6, 6.07) is 9.78. The van der Waals surface area contributed by atoms with Crippen LogP contribution in [-0.2, 0) is 9.59 Å². The molecule has 108 valence electrons. The van der Waals surface area contributed by atoms with Crippen LogP contribution in [0.2, 0.25) is 0 Å². The summed E-state index contributed by atoms with van der Waals surface area (Å²) >= 11 is 0. The van der Waals surface area contributed by atoms with Gasteiger partial charge in [-0.05, 0) is 24.8 Å². The number of carbonyl (C=O) groups is 2. The Morgan fingerprint density at radius 2 is 1.95 bits per heavy atom. The molecule has 1 aromatic rings.